The number of nitrogens with zero attached hydrogens (tertiary/aromatic N) is 1. The van der Waals surface area contributed by atoms with E-state index >= 15 is 0 Å². The van der Waals surface area contributed by atoms with Gasteiger partial charge in [0, 0.05) is 5.71 Å². The number of aliphatic hydroxyl groups excluding tert-OH is 1. The van der Waals surface area contributed by atoms with E-state index in [0.717, 1.165) is 11.3 Å². The number of aliphatic imine (C=N–C) groups is 1. The van der Waals surface area contributed by atoms with Crippen LogP contribution in [0.5, 0.6) is 0 Å². The van der Waals surface area contributed by atoms with Crippen LogP contribution < -0.4 is 0 Å². The lowest BCUT2D eigenvalue weighted by Gasteiger charge is -2.10. The summed E-state index contributed by atoms with van der Waals surface area (Å²) in [6, 6.07) is 10.1. The van der Waals surface area contributed by atoms with E-state index in [0.29, 0.717) is 12.5 Å². The molecule has 1 aromatic rings. The molecule has 0 aliphatic carbocycles. The Bertz CT molecular complexity index is 290. The molecule has 0 aromatic heterocycles. The van der Waals surface area contributed by atoms with Gasteiger partial charge in [-0.2, -0.15) is 0 Å². The first kappa shape index (κ1) is 10.9. The van der Waals surface area contributed by atoms with Gasteiger partial charge < -0.3 is 5.11 Å². The second-order valence-corrected chi connectivity index (χ2v) is 3.51. The van der Waals surface area contributed by atoms with Crippen molar-refractivity contribution in [3.8, 4) is 0 Å². The Morgan fingerprint density at radius 2 is 1.93 bits per heavy atom. The minimum absolute atomic E-state index is 0.114. The molecule has 1 N–H and O–H groups in total. The lowest BCUT2D eigenvalue weighted by molar-refractivity contribution is 0.306. The Hall–Kier alpha value is -1.15. The molecule has 2 heteroatoms. The van der Waals surface area contributed by atoms with Gasteiger partial charge in [0.15, 0.2) is 0 Å². The van der Waals surface area contributed by atoms with E-state index in [9.17, 15) is 0 Å². The van der Waals surface area contributed by atoms with E-state index in [1.165, 1.54) is 0 Å². The van der Waals surface area contributed by atoms with Crippen LogP contribution in [0.3, 0.4) is 0 Å². The summed E-state index contributed by atoms with van der Waals surface area (Å²) in [4.78, 5) is 4.38. The summed E-state index contributed by atoms with van der Waals surface area (Å²) in [7, 11) is 0. The Balaban J connectivity index is 2.89. The lowest BCUT2D eigenvalue weighted by Crippen LogP contribution is -2.10. The van der Waals surface area contributed by atoms with E-state index in [-0.39, 0.29) is 6.61 Å². The van der Waals surface area contributed by atoms with E-state index < -0.39 is 0 Å². The summed E-state index contributed by atoms with van der Waals surface area (Å²) in [6.07, 6.45) is 0. The number of hydrogen-bond acceptors (Lipinski definition) is 2. The zero-order valence-corrected chi connectivity index (χ0v) is 8.77. The number of rotatable bonds is 4. The van der Waals surface area contributed by atoms with Gasteiger partial charge in [-0.15, -0.1) is 0 Å². The minimum Gasteiger partial charge on any atom is -0.394 e. The van der Waals surface area contributed by atoms with Crippen molar-refractivity contribution in [2.45, 2.75) is 13.8 Å². The topological polar surface area (TPSA) is 32.6 Å². The van der Waals surface area contributed by atoms with Crippen molar-refractivity contribution >= 4 is 5.71 Å². The SMILES string of the molecule is CC(C)/C(=N\CCO)c1ccccc1. The van der Waals surface area contributed by atoms with Crippen LogP contribution in [-0.4, -0.2) is 24.0 Å². The maximum absolute atomic E-state index is 8.74. The van der Waals surface area contributed by atoms with Crippen molar-refractivity contribution in [2.75, 3.05) is 13.2 Å². The Kier molecular flexibility index (Phi) is 4.33. The van der Waals surface area contributed by atoms with Gasteiger partial charge in [0.05, 0.1) is 13.2 Å². The monoisotopic (exact) mass is 191 g/mol. The van der Waals surface area contributed by atoms with Gasteiger partial charge >= 0.3 is 0 Å². The van der Waals surface area contributed by atoms with Crippen molar-refractivity contribution in [1.82, 2.24) is 0 Å². The molecule has 1 aromatic carbocycles. The third-order valence-corrected chi connectivity index (χ3v) is 2.00. The summed E-state index contributed by atoms with van der Waals surface area (Å²) in [6.45, 7) is 4.83. The molecular weight excluding hydrogens is 174 g/mol. The molecule has 1 rings (SSSR count). The molecule has 0 bridgehead atoms. The predicted octanol–water partition coefficient (Wildman–Crippen LogP) is 2.12. The fraction of sp³-hybridized carbons (Fsp3) is 0.417. The molecule has 0 spiro atoms. The largest absolute Gasteiger partial charge is 0.394 e. The van der Waals surface area contributed by atoms with Gasteiger partial charge in [0.25, 0.3) is 0 Å². The molecule has 0 aliphatic heterocycles. The second kappa shape index (κ2) is 5.55. The number of hydrogen-bond donors (Lipinski definition) is 1. The molecule has 0 fully saturated rings. The molecule has 0 saturated heterocycles. The molecule has 0 heterocycles. The summed E-state index contributed by atoms with van der Waals surface area (Å²) in [5.74, 6) is 0.393. The van der Waals surface area contributed by atoms with Crippen molar-refractivity contribution in [1.29, 1.82) is 0 Å². The van der Waals surface area contributed by atoms with Crippen LogP contribution in [0, 0.1) is 5.92 Å². The van der Waals surface area contributed by atoms with Crippen LogP contribution in [0.15, 0.2) is 35.3 Å². The van der Waals surface area contributed by atoms with Gasteiger partial charge in [-0.05, 0) is 11.5 Å². The van der Waals surface area contributed by atoms with Crippen LogP contribution >= 0.6 is 0 Å². The fourth-order valence-corrected chi connectivity index (χ4v) is 1.39. The third kappa shape index (κ3) is 2.96. The first-order chi connectivity index (χ1) is 6.75. The molecule has 0 radical (unpaired) electrons. The van der Waals surface area contributed by atoms with Crippen molar-refractivity contribution in [3.63, 3.8) is 0 Å². The van der Waals surface area contributed by atoms with Crippen LogP contribution in [0.25, 0.3) is 0 Å². The van der Waals surface area contributed by atoms with Gasteiger partial charge in [0.2, 0.25) is 0 Å². The first-order valence-electron chi connectivity index (χ1n) is 4.96. The maximum Gasteiger partial charge on any atom is 0.0627 e. The highest BCUT2D eigenvalue weighted by Gasteiger charge is 2.06. The Morgan fingerprint density at radius 3 is 2.43 bits per heavy atom. The average molecular weight is 191 g/mol. The molecule has 0 atom stereocenters. The fourth-order valence-electron chi connectivity index (χ4n) is 1.39. The molecule has 0 unspecified atom stereocenters. The maximum atomic E-state index is 8.74. The van der Waals surface area contributed by atoms with Crippen molar-refractivity contribution in [2.24, 2.45) is 10.9 Å². The van der Waals surface area contributed by atoms with Crippen molar-refractivity contribution < 1.29 is 5.11 Å². The van der Waals surface area contributed by atoms with Crippen molar-refractivity contribution in [3.05, 3.63) is 35.9 Å². The smallest absolute Gasteiger partial charge is 0.0627 e. The lowest BCUT2D eigenvalue weighted by atomic mass is 10.00. The molecule has 0 saturated carbocycles. The van der Waals surface area contributed by atoms with E-state index in [1.54, 1.807) is 0 Å². The zero-order chi connectivity index (χ0) is 10.4. The van der Waals surface area contributed by atoms with Crippen LogP contribution in [0.2, 0.25) is 0 Å². The predicted molar refractivity (Wildman–Crippen MR) is 59.8 cm³/mol. The molecule has 14 heavy (non-hydrogen) atoms. The summed E-state index contributed by atoms with van der Waals surface area (Å²) >= 11 is 0. The average Bonchev–Trinajstić information content (AvgIpc) is 2.19. The number of aliphatic hydroxyl groups is 1. The quantitative estimate of drug-likeness (QED) is 0.726. The molecule has 0 aliphatic rings. The van der Waals surface area contributed by atoms with Crippen LogP contribution in [0.4, 0.5) is 0 Å². The highest BCUT2D eigenvalue weighted by Crippen LogP contribution is 2.09. The van der Waals surface area contributed by atoms with Gasteiger partial charge in [-0.1, -0.05) is 44.2 Å². The highest BCUT2D eigenvalue weighted by atomic mass is 16.3. The Morgan fingerprint density at radius 1 is 1.29 bits per heavy atom. The second-order valence-electron chi connectivity index (χ2n) is 3.51. The molecule has 2 nitrogen and oxygen atoms in total. The summed E-state index contributed by atoms with van der Waals surface area (Å²) in [5.41, 5.74) is 2.22. The molecular formula is C12H17NO. The molecule has 76 valence electrons. The highest BCUT2D eigenvalue weighted by molar-refractivity contribution is 6.01. The summed E-state index contributed by atoms with van der Waals surface area (Å²) in [5, 5.41) is 8.74. The third-order valence-electron chi connectivity index (χ3n) is 2.00. The van der Waals surface area contributed by atoms with Gasteiger partial charge in [-0.25, -0.2) is 0 Å². The van der Waals surface area contributed by atoms with Gasteiger partial charge in [0.1, 0.15) is 0 Å². The number of benzene rings is 1. The Labute approximate surface area is 85.3 Å². The summed E-state index contributed by atoms with van der Waals surface area (Å²) < 4.78 is 0. The standard InChI is InChI=1S/C12H17NO/c1-10(2)12(13-8-9-14)11-6-4-3-5-7-11/h3-7,10,14H,8-9H2,1-2H3/b13-12+. The zero-order valence-electron chi connectivity index (χ0n) is 8.77. The molecule has 0 amide bonds. The van der Waals surface area contributed by atoms with Gasteiger partial charge in [-0.3, -0.25) is 4.99 Å². The minimum atomic E-state index is 0.114. The van der Waals surface area contributed by atoms with E-state index in [2.05, 4.69) is 31.0 Å². The van der Waals surface area contributed by atoms with E-state index in [1.807, 2.05) is 18.2 Å². The van der Waals surface area contributed by atoms with Crippen LogP contribution in [0.1, 0.15) is 19.4 Å². The van der Waals surface area contributed by atoms with E-state index in [4.69, 9.17) is 5.11 Å². The normalized spacial score (nSPS) is 12.1. The van der Waals surface area contributed by atoms with Crippen LogP contribution in [-0.2, 0) is 0 Å². The first-order valence-corrected chi connectivity index (χ1v) is 4.96.